The fraction of sp³-hybridized carbons (Fsp3) is 0.227. The fourth-order valence-electron chi connectivity index (χ4n) is 3.65. The number of likely N-dealkylation sites (tertiary alicyclic amines) is 1. The lowest BCUT2D eigenvalue weighted by Crippen LogP contribution is -2.39. The minimum atomic E-state index is -0.658. The van der Waals surface area contributed by atoms with Crippen molar-refractivity contribution < 1.29 is 9.59 Å². The van der Waals surface area contributed by atoms with Gasteiger partial charge in [0.1, 0.15) is 11.4 Å². The molecule has 1 atom stereocenters. The van der Waals surface area contributed by atoms with E-state index < -0.39 is 5.91 Å². The van der Waals surface area contributed by atoms with Crippen molar-refractivity contribution >= 4 is 46.6 Å². The minimum Gasteiger partial charge on any atom is -0.365 e. The van der Waals surface area contributed by atoms with Gasteiger partial charge in [-0.25, -0.2) is 4.98 Å². The maximum Gasteiger partial charge on any atom is 0.254 e. The van der Waals surface area contributed by atoms with Gasteiger partial charge in [-0.2, -0.15) is 10.1 Å². The maximum absolute atomic E-state index is 12.0. The Morgan fingerprint density at radius 1 is 1.24 bits per heavy atom. The summed E-state index contributed by atoms with van der Waals surface area (Å²) in [4.78, 5) is 34.2. The topological polar surface area (TPSA) is 131 Å². The highest BCUT2D eigenvalue weighted by Gasteiger charge is 2.24. The molecule has 0 saturated carbocycles. The first-order chi connectivity index (χ1) is 15.9. The molecule has 4 N–H and O–H groups in total. The molecule has 10 nitrogen and oxygen atoms in total. The molecule has 3 aromatic rings. The van der Waals surface area contributed by atoms with Gasteiger partial charge in [0.05, 0.1) is 17.9 Å². The third kappa shape index (κ3) is 5.29. The molecule has 1 fully saturated rings. The van der Waals surface area contributed by atoms with Crippen LogP contribution in [0.4, 0.5) is 23.1 Å². The number of benzene rings is 1. The van der Waals surface area contributed by atoms with E-state index in [0.717, 1.165) is 19.4 Å². The molecule has 0 aliphatic carbocycles. The molecule has 4 rings (SSSR count). The van der Waals surface area contributed by atoms with E-state index in [2.05, 4.69) is 32.3 Å². The number of carbonyl (C=O) groups excluding carboxylic acids is 2. The second-order valence-corrected chi connectivity index (χ2v) is 8.01. The number of nitrogens with one attached hydrogen (secondary N) is 2. The van der Waals surface area contributed by atoms with Gasteiger partial charge >= 0.3 is 0 Å². The van der Waals surface area contributed by atoms with Crippen molar-refractivity contribution in [1.82, 2.24) is 24.6 Å². The molecule has 0 spiro atoms. The number of rotatable bonds is 7. The number of hydrogen-bond acceptors (Lipinski definition) is 7. The summed E-state index contributed by atoms with van der Waals surface area (Å²) in [6, 6.07) is 7.08. The average Bonchev–Trinajstić information content (AvgIpc) is 3.27. The summed E-state index contributed by atoms with van der Waals surface area (Å²) in [6.07, 6.45) is 7.99. The predicted octanol–water partition coefficient (Wildman–Crippen LogP) is 3.26. The highest BCUT2D eigenvalue weighted by Crippen LogP contribution is 2.25. The summed E-state index contributed by atoms with van der Waals surface area (Å²) >= 11 is 6.04. The number of piperidine rings is 1. The maximum atomic E-state index is 12.0. The lowest BCUT2D eigenvalue weighted by Gasteiger charge is -2.32. The molecule has 1 aromatic carbocycles. The molecule has 2 aromatic heterocycles. The fourth-order valence-corrected chi connectivity index (χ4v) is 3.84. The number of aromatic nitrogens is 4. The molecule has 1 saturated heterocycles. The van der Waals surface area contributed by atoms with E-state index in [1.54, 1.807) is 35.4 Å². The summed E-state index contributed by atoms with van der Waals surface area (Å²) in [7, 11) is 0. The molecule has 1 aliphatic rings. The molecule has 0 unspecified atom stereocenters. The lowest BCUT2D eigenvalue weighted by atomic mass is 10.1. The van der Waals surface area contributed by atoms with Crippen molar-refractivity contribution in [3.63, 3.8) is 0 Å². The van der Waals surface area contributed by atoms with Gasteiger partial charge in [0.15, 0.2) is 0 Å². The van der Waals surface area contributed by atoms with Crippen LogP contribution in [0.15, 0.2) is 55.5 Å². The second-order valence-electron chi connectivity index (χ2n) is 7.57. The SMILES string of the molecule is C=CC(=O)N1CCC[C@H](n2cc(Nc3ncc(C(N)=O)c(Nc4cccc(Cl)c4)n3)cn2)C1. The molecule has 33 heavy (non-hydrogen) atoms. The summed E-state index contributed by atoms with van der Waals surface area (Å²) in [5.74, 6) is -0.223. The first-order valence-electron chi connectivity index (χ1n) is 10.3. The Morgan fingerprint density at radius 3 is 2.85 bits per heavy atom. The van der Waals surface area contributed by atoms with Crippen LogP contribution in [-0.2, 0) is 4.79 Å². The molecule has 170 valence electrons. The highest BCUT2D eigenvalue weighted by molar-refractivity contribution is 6.30. The van der Waals surface area contributed by atoms with E-state index in [0.29, 0.717) is 22.9 Å². The van der Waals surface area contributed by atoms with Crippen molar-refractivity contribution in [1.29, 1.82) is 0 Å². The van der Waals surface area contributed by atoms with E-state index in [1.807, 2.05) is 10.9 Å². The van der Waals surface area contributed by atoms with Gasteiger partial charge in [0, 0.05) is 36.2 Å². The molecular formula is C22H23ClN8O2. The predicted molar refractivity (Wildman–Crippen MR) is 126 cm³/mol. The van der Waals surface area contributed by atoms with E-state index in [4.69, 9.17) is 17.3 Å². The number of anilines is 4. The largest absolute Gasteiger partial charge is 0.365 e. The standard InChI is InChI=1S/C22H23ClN8O2/c1-2-19(32)30-8-4-7-17(13-30)31-12-16(10-26-31)28-22-25-11-18(20(24)33)21(29-22)27-15-6-3-5-14(23)9-15/h2-3,5-6,9-12,17H,1,4,7-8,13H2,(H2,24,33)(H2,25,27,28,29)/t17-/m0/s1. The Morgan fingerprint density at radius 2 is 2.09 bits per heavy atom. The van der Waals surface area contributed by atoms with Gasteiger partial charge < -0.3 is 21.3 Å². The third-order valence-electron chi connectivity index (χ3n) is 5.26. The van der Waals surface area contributed by atoms with Gasteiger partial charge in [0.2, 0.25) is 11.9 Å². The zero-order chi connectivity index (χ0) is 23.4. The Labute approximate surface area is 195 Å². The number of nitrogens with zero attached hydrogens (tertiary/aromatic N) is 5. The zero-order valence-electron chi connectivity index (χ0n) is 17.7. The number of carbonyl (C=O) groups is 2. The number of primary amides is 1. The van der Waals surface area contributed by atoms with Gasteiger partial charge in [-0.05, 0) is 37.1 Å². The Balaban J connectivity index is 1.51. The van der Waals surface area contributed by atoms with Crippen LogP contribution in [0.25, 0.3) is 0 Å². The van der Waals surface area contributed by atoms with E-state index >= 15 is 0 Å². The van der Waals surface area contributed by atoms with E-state index in [-0.39, 0.29) is 29.3 Å². The van der Waals surface area contributed by atoms with Crippen molar-refractivity contribution in [2.75, 3.05) is 23.7 Å². The van der Waals surface area contributed by atoms with Crippen molar-refractivity contribution in [2.24, 2.45) is 5.73 Å². The van der Waals surface area contributed by atoms with Crippen molar-refractivity contribution in [3.8, 4) is 0 Å². The van der Waals surface area contributed by atoms with Crippen LogP contribution in [0.1, 0.15) is 29.2 Å². The number of nitrogens with two attached hydrogens (primary N) is 1. The highest BCUT2D eigenvalue weighted by atomic mass is 35.5. The molecular weight excluding hydrogens is 444 g/mol. The lowest BCUT2D eigenvalue weighted by molar-refractivity contribution is -0.127. The normalized spacial score (nSPS) is 15.7. The Bertz CT molecular complexity index is 1190. The summed E-state index contributed by atoms with van der Waals surface area (Å²) in [6.45, 7) is 4.85. The molecule has 2 amide bonds. The first-order valence-corrected chi connectivity index (χ1v) is 10.7. The van der Waals surface area contributed by atoms with Crippen LogP contribution in [0.2, 0.25) is 5.02 Å². The van der Waals surface area contributed by atoms with Crippen molar-refractivity contribution in [3.05, 3.63) is 66.1 Å². The van der Waals surface area contributed by atoms with Crippen LogP contribution < -0.4 is 16.4 Å². The monoisotopic (exact) mass is 466 g/mol. The third-order valence-corrected chi connectivity index (χ3v) is 5.49. The summed E-state index contributed by atoms with van der Waals surface area (Å²) in [5, 5.41) is 11.1. The summed E-state index contributed by atoms with van der Waals surface area (Å²) in [5.41, 5.74) is 6.94. The van der Waals surface area contributed by atoms with Crippen LogP contribution >= 0.6 is 11.6 Å². The summed E-state index contributed by atoms with van der Waals surface area (Å²) < 4.78 is 1.83. The first kappa shape index (κ1) is 22.3. The van der Waals surface area contributed by atoms with Crippen LogP contribution in [0.3, 0.4) is 0 Å². The van der Waals surface area contributed by atoms with Gasteiger partial charge in [0.25, 0.3) is 5.91 Å². The second kappa shape index (κ2) is 9.70. The quantitative estimate of drug-likeness (QED) is 0.455. The van der Waals surface area contributed by atoms with Crippen LogP contribution in [-0.4, -0.2) is 49.6 Å². The Kier molecular flexibility index (Phi) is 6.55. The zero-order valence-corrected chi connectivity index (χ0v) is 18.5. The average molecular weight is 467 g/mol. The molecule has 0 bridgehead atoms. The number of hydrogen-bond donors (Lipinski definition) is 3. The van der Waals surface area contributed by atoms with Crippen LogP contribution in [0, 0.1) is 0 Å². The van der Waals surface area contributed by atoms with Crippen LogP contribution in [0.5, 0.6) is 0 Å². The van der Waals surface area contributed by atoms with E-state index in [1.165, 1.54) is 12.3 Å². The molecule has 3 heterocycles. The minimum absolute atomic E-state index is 0.0661. The number of amides is 2. The molecule has 1 aliphatic heterocycles. The molecule has 0 radical (unpaired) electrons. The van der Waals surface area contributed by atoms with Gasteiger partial charge in [-0.15, -0.1) is 0 Å². The van der Waals surface area contributed by atoms with Crippen molar-refractivity contribution in [2.45, 2.75) is 18.9 Å². The van der Waals surface area contributed by atoms with E-state index in [9.17, 15) is 9.59 Å². The van der Waals surface area contributed by atoms with Gasteiger partial charge in [-0.3, -0.25) is 14.3 Å². The smallest absolute Gasteiger partial charge is 0.254 e. The molecule has 11 heteroatoms. The number of halogens is 1. The Hall–Kier alpha value is -3.92. The van der Waals surface area contributed by atoms with Gasteiger partial charge in [-0.1, -0.05) is 24.2 Å².